The van der Waals surface area contributed by atoms with Crippen LogP contribution in [0.25, 0.3) is 0 Å². The van der Waals surface area contributed by atoms with Crippen molar-refractivity contribution in [2.75, 3.05) is 0 Å². The first-order chi connectivity index (χ1) is 9.23. The van der Waals surface area contributed by atoms with E-state index >= 15 is 0 Å². The second-order valence-corrected chi connectivity index (χ2v) is 6.06. The maximum atomic E-state index is 11.2. The Morgan fingerprint density at radius 1 is 1.25 bits per heavy atom. The predicted octanol–water partition coefficient (Wildman–Crippen LogP) is 0.0971. The molecular weight excluding hydrogens is 376 g/mol. The third-order valence-electron chi connectivity index (χ3n) is 2.68. The second-order valence-electron chi connectivity index (χ2n) is 4.52. The average molecular weight is 396 g/mol. The summed E-state index contributed by atoms with van der Waals surface area (Å²) >= 11 is -2.03. The van der Waals surface area contributed by atoms with E-state index in [1.54, 1.807) is 6.92 Å². The molecule has 0 radical (unpaired) electrons. The van der Waals surface area contributed by atoms with Crippen LogP contribution in [0, 0.1) is 0 Å². The average Bonchev–Trinajstić information content (AvgIpc) is 2.26. The molecule has 120 valence electrons. The van der Waals surface area contributed by atoms with Gasteiger partial charge in [-0.05, 0) is 19.8 Å². The minimum absolute atomic E-state index is 0.185. The van der Waals surface area contributed by atoms with Crippen LogP contribution >= 0.6 is 0 Å². The molecule has 1 aliphatic heterocycles. The molecule has 10 heteroatoms. The Kier molecular flexibility index (Phi) is 9.95. The molecule has 1 fully saturated rings. The molecule has 0 saturated carbocycles. The fraction of sp³-hybridized carbons (Fsp3) is 1.00. The van der Waals surface area contributed by atoms with Gasteiger partial charge in [0, 0.05) is 12.8 Å². The van der Waals surface area contributed by atoms with Crippen LogP contribution in [0.5, 0.6) is 0 Å². The van der Waals surface area contributed by atoms with Crippen LogP contribution in [0.3, 0.4) is 0 Å². The van der Waals surface area contributed by atoms with Crippen molar-refractivity contribution >= 4 is 10.4 Å². The van der Waals surface area contributed by atoms with E-state index in [0.29, 0.717) is 12.8 Å². The zero-order chi connectivity index (χ0) is 15.8. The first-order valence-electron chi connectivity index (χ1n) is 6.13. The summed E-state index contributed by atoms with van der Waals surface area (Å²) in [6, 6.07) is 0. The normalized spacial score (nSPS) is 27.8. The van der Waals surface area contributed by atoms with Gasteiger partial charge in [0.15, 0.2) is 0 Å². The van der Waals surface area contributed by atoms with Gasteiger partial charge >= 0.3 is 35.7 Å². The van der Waals surface area contributed by atoms with Crippen LogP contribution in [0.4, 0.5) is 0 Å². The Labute approximate surface area is 126 Å². The summed E-state index contributed by atoms with van der Waals surface area (Å²) in [6.45, 7) is 3.45. The summed E-state index contributed by atoms with van der Waals surface area (Å²) in [7, 11) is -3.93. The molecule has 0 bridgehead atoms. The van der Waals surface area contributed by atoms with E-state index in [-0.39, 0.29) is 12.8 Å². The summed E-state index contributed by atoms with van der Waals surface area (Å²) in [6.07, 6.45) is -0.978. The predicted molar refractivity (Wildman–Crippen MR) is 61.9 cm³/mol. The van der Waals surface area contributed by atoms with E-state index < -0.39 is 53.3 Å². The van der Waals surface area contributed by atoms with Crippen LogP contribution in [-0.2, 0) is 44.0 Å². The third-order valence-corrected chi connectivity index (χ3v) is 3.75. The van der Waals surface area contributed by atoms with Crippen LogP contribution < -0.4 is 0 Å². The molecule has 1 aliphatic rings. The van der Waals surface area contributed by atoms with Crippen molar-refractivity contribution in [3.8, 4) is 0 Å². The number of hydrogen-bond acceptors (Lipinski definition) is 8. The van der Waals surface area contributed by atoms with Crippen molar-refractivity contribution in [1.82, 2.24) is 0 Å². The van der Waals surface area contributed by atoms with Crippen molar-refractivity contribution in [2.24, 2.45) is 0 Å². The van der Waals surface area contributed by atoms with E-state index in [0.717, 1.165) is 0 Å². The van der Waals surface area contributed by atoms with Gasteiger partial charge < -0.3 is 10.2 Å². The van der Waals surface area contributed by atoms with E-state index in [2.05, 4.69) is 4.18 Å². The zero-order valence-electron chi connectivity index (χ0n) is 11.3. The minimum atomic E-state index is -3.93. The van der Waals surface area contributed by atoms with E-state index in [4.69, 9.17) is 11.0 Å². The molecule has 8 nitrogen and oxygen atoms in total. The number of aliphatic hydroxyl groups excluding tert-OH is 2. The van der Waals surface area contributed by atoms with Crippen LogP contribution in [0.1, 0.15) is 39.5 Å². The van der Waals surface area contributed by atoms with Crippen molar-refractivity contribution in [1.29, 1.82) is 0 Å². The molecule has 0 aromatic rings. The topological polar surface area (TPSA) is 127 Å². The number of aliphatic hydroxyl groups is 2. The summed E-state index contributed by atoms with van der Waals surface area (Å²) in [5.41, 5.74) is 0. The van der Waals surface area contributed by atoms with Gasteiger partial charge in [-0.3, -0.25) is 0 Å². The van der Waals surface area contributed by atoms with Gasteiger partial charge in [-0.15, -0.1) is 0 Å². The van der Waals surface area contributed by atoms with E-state index in [9.17, 15) is 18.6 Å². The molecule has 4 unspecified atom stereocenters. The first-order valence-corrected chi connectivity index (χ1v) is 9.10. The van der Waals surface area contributed by atoms with Crippen molar-refractivity contribution in [2.45, 2.75) is 63.9 Å². The zero-order valence-corrected chi connectivity index (χ0v) is 14.1. The molecule has 0 spiro atoms. The van der Waals surface area contributed by atoms with Gasteiger partial charge in [-0.1, -0.05) is 6.92 Å². The van der Waals surface area contributed by atoms with Gasteiger partial charge in [0.1, 0.15) is 0 Å². The van der Waals surface area contributed by atoms with Gasteiger partial charge in [0.2, 0.25) is 0 Å². The molecular formula is C10H20MoO8S. The molecule has 1 rings (SSSR count). The Morgan fingerprint density at radius 2 is 1.80 bits per heavy atom. The Balaban J connectivity index is 0.00000110. The van der Waals surface area contributed by atoms with Gasteiger partial charge in [-0.25, -0.2) is 8.37 Å². The summed E-state index contributed by atoms with van der Waals surface area (Å²) in [4.78, 5) is 0. The summed E-state index contributed by atoms with van der Waals surface area (Å²) < 4.78 is 48.7. The van der Waals surface area contributed by atoms with E-state index in [1.807, 2.05) is 6.92 Å². The number of rotatable bonds is 5. The van der Waals surface area contributed by atoms with Gasteiger partial charge in [0.25, 0.3) is 0 Å². The Hall–Kier alpha value is 0.0783. The molecule has 0 aliphatic carbocycles. The molecule has 0 amide bonds. The summed E-state index contributed by atoms with van der Waals surface area (Å²) in [5.74, 6) is 0. The first kappa shape index (κ1) is 20.1. The molecule has 2 N–H and O–H groups in total. The standard InChI is InChI=1S/C10H20O6S.Mo.2O/c1-3-8(11)5-9(12)6-10-4-7(2)15-17(13,14)16-10;;;/h7-12H,3-6H2,1-2H3;;;. The molecule has 1 heterocycles. The molecule has 20 heavy (non-hydrogen) atoms. The van der Waals surface area contributed by atoms with Crippen molar-refractivity contribution in [3.63, 3.8) is 0 Å². The quantitative estimate of drug-likeness (QED) is 0.627. The fourth-order valence-electron chi connectivity index (χ4n) is 1.86. The van der Waals surface area contributed by atoms with E-state index in [1.165, 1.54) is 0 Å². The summed E-state index contributed by atoms with van der Waals surface area (Å²) in [5, 5.41) is 19.1. The number of hydrogen-bond donors (Lipinski definition) is 2. The SMILES string of the molecule is CCC(O)CC(O)CC1CC(C)OS(=O)(=O)O1.[O]=[Mo]=[O]. The second kappa shape index (κ2) is 9.91. The molecule has 4 atom stereocenters. The molecule has 0 aromatic carbocycles. The van der Waals surface area contributed by atoms with Crippen LogP contribution in [-0.4, -0.2) is 43.0 Å². The van der Waals surface area contributed by atoms with Crippen LogP contribution in [0.15, 0.2) is 0 Å². The molecule has 1 saturated heterocycles. The van der Waals surface area contributed by atoms with Crippen LogP contribution in [0.2, 0.25) is 0 Å². The van der Waals surface area contributed by atoms with Gasteiger partial charge in [0.05, 0.1) is 24.4 Å². The van der Waals surface area contributed by atoms with Gasteiger partial charge in [-0.2, -0.15) is 8.42 Å². The Morgan fingerprint density at radius 3 is 2.25 bits per heavy atom. The molecule has 0 aromatic heterocycles. The fourth-order valence-corrected chi connectivity index (χ4v) is 2.87. The maximum absolute atomic E-state index is 11.2. The monoisotopic (exact) mass is 398 g/mol. The third kappa shape index (κ3) is 9.09. The Bertz CT molecular complexity index is 405. The van der Waals surface area contributed by atoms with Crippen molar-refractivity contribution in [3.05, 3.63) is 0 Å². The van der Waals surface area contributed by atoms with Crippen molar-refractivity contribution < 1.29 is 52.3 Å².